The summed E-state index contributed by atoms with van der Waals surface area (Å²) in [6.07, 6.45) is 5.74. The SMILES string of the molecule is CC(F)(F)[C@H]1CCC(C2CCC(F)(F)CC2)C1.NC(=O)c1nccc2[nH]ccc(=O)c12. The van der Waals surface area contributed by atoms with Crippen molar-refractivity contribution in [1.29, 1.82) is 0 Å². The minimum Gasteiger partial charge on any atom is -0.364 e. The number of nitrogens with two attached hydrogens (primary N) is 1. The van der Waals surface area contributed by atoms with Gasteiger partial charge in [0.2, 0.25) is 11.8 Å². The van der Waals surface area contributed by atoms with Crippen LogP contribution in [0.2, 0.25) is 0 Å². The van der Waals surface area contributed by atoms with Crippen LogP contribution in [0, 0.1) is 17.8 Å². The monoisotopic (exact) mass is 441 g/mol. The molecule has 2 fully saturated rings. The Bertz CT molecular complexity index is 971. The second kappa shape index (κ2) is 8.96. The summed E-state index contributed by atoms with van der Waals surface area (Å²) < 4.78 is 52.4. The Hall–Kier alpha value is -2.45. The van der Waals surface area contributed by atoms with E-state index in [4.69, 9.17) is 5.73 Å². The maximum Gasteiger partial charge on any atom is 0.268 e. The third-order valence-electron chi connectivity index (χ3n) is 6.52. The molecular weight excluding hydrogens is 414 g/mol. The Balaban J connectivity index is 0.000000179. The molecule has 4 rings (SSSR count). The molecule has 2 saturated carbocycles. The third-order valence-corrected chi connectivity index (χ3v) is 6.52. The van der Waals surface area contributed by atoms with Crippen LogP contribution in [0.3, 0.4) is 0 Å². The van der Waals surface area contributed by atoms with Crippen molar-refractivity contribution >= 4 is 16.8 Å². The van der Waals surface area contributed by atoms with E-state index in [1.807, 2.05) is 0 Å². The average molecular weight is 441 g/mol. The first-order valence-corrected chi connectivity index (χ1v) is 10.5. The van der Waals surface area contributed by atoms with Crippen molar-refractivity contribution in [1.82, 2.24) is 9.97 Å². The highest BCUT2D eigenvalue weighted by atomic mass is 19.3. The largest absolute Gasteiger partial charge is 0.364 e. The number of primary amides is 1. The topological polar surface area (TPSA) is 88.8 Å². The van der Waals surface area contributed by atoms with Crippen LogP contribution in [0.25, 0.3) is 10.9 Å². The number of fused-ring (bicyclic) bond motifs is 1. The van der Waals surface area contributed by atoms with E-state index >= 15 is 0 Å². The summed E-state index contributed by atoms with van der Waals surface area (Å²) in [6.45, 7) is 0.981. The smallest absolute Gasteiger partial charge is 0.268 e. The molecule has 3 N–H and O–H groups in total. The average Bonchev–Trinajstić information content (AvgIpc) is 3.19. The number of H-pyrrole nitrogens is 1. The number of rotatable bonds is 3. The zero-order valence-electron chi connectivity index (χ0n) is 17.3. The second-order valence-corrected chi connectivity index (χ2v) is 8.71. The number of alkyl halides is 4. The first kappa shape index (κ1) is 23.2. The van der Waals surface area contributed by atoms with Gasteiger partial charge in [0.15, 0.2) is 5.43 Å². The lowest BCUT2D eigenvalue weighted by Crippen LogP contribution is -2.28. The van der Waals surface area contributed by atoms with Crippen molar-refractivity contribution in [3.8, 4) is 0 Å². The first-order chi connectivity index (χ1) is 14.5. The molecule has 0 bridgehead atoms. The van der Waals surface area contributed by atoms with Crippen molar-refractivity contribution in [2.24, 2.45) is 23.5 Å². The molecule has 2 atom stereocenters. The van der Waals surface area contributed by atoms with Gasteiger partial charge in [0.05, 0.1) is 10.9 Å². The number of pyridine rings is 2. The van der Waals surface area contributed by atoms with Crippen molar-refractivity contribution in [2.45, 2.75) is 63.7 Å². The summed E-state index contributed by atoms with van der Waals surface area (Å²) in [5, 5.41) is 0.238. The summed E-state index contributed by atoms with van der Waals surface area (Å²) in [5.74, 6) is -5.84. The second-order valence-electron chi connectivity index (χ2n) is 8.71. The van der Waals surface area contributed by atoms with Gasteiger partial charge in [-0.3, -0.25) is 14.6 Å². The summed E-state index contributed by atoms with van der Waals surface area (Å²) in [4.78, 5) is 29.0. The number of hydrogen-bond acceptors (Lipinski definition) is 3. The minimum absolute atomic E-state index is 0.00403. The molecule has 9 heteroatoms. The Morgan fingerprint density at radius 3 is 2.42 bits per heavy atom. The van der Waals surface area contributed by atoms with Crippen molar-refractivity contribution < 1.29 is 22.4 Å². The fourth-order valence-electron chi connectivity index (χ4n) is 4.75. The highest BCUT2D eigenvalue weighted by Gasteiger charge is 2.44. The molecule has 5 nitrogen and oxygen atoms in total. The van der Waals surface area contributed by atoms with E-state index in [1.165, 1.54) is 18.5 Å². The number of amides is 1. The van der Waals surface area contributed by atoms with Gasteiger partial charge in [-0.1, -0.05) is 0 Å². The Labute approximate surface area is 177 Å². The highest BCUT2D eigenvalue weighted by Crippen LogP contribution is 2.48. The summed E-state index contributed by atoms with van der Waals surface area (Å²) in [6, 6.07) is 2.94. The lowest BCUT2D eigenvalue weighted by atomic mass is 9.77. The lowest BCUT2D eigenvalue weighted by molar-refractivity contribution is -0.0569. The van der Waals surface area contributed by atoms with Crippen LogP contribution in [0.5, 0.6) is 0 Å². The van der Waals surface area contributed by atoms with Gasteiger partial charge < -0.3 is 10.7 Å². The van der Waals surface area contributed by atoms with E-state index in [0.29, 0.717) is 31.2 Å². The summed E-state index contributed by atoms with van der Waals surface area (Å²) in [5.41, 5.74) is 5.39. The fourth-order valence-corrected chi connectivity index (χ4v) is 4.75. The Kier molecular flexibility index (Phi) is 6.71. The molecule has 2 aliphatic carbocycles. The Morgan fingerprint density at radius 2 is 1.84 bits per heavy atom. The first-order valence-electron chi connectivity index (χ1n) is 10.5. The number of hydrogen-bond donors (Lipinski definition) is 2. The van der Waals surface area contributed by atoms with E-state index in [2.05, 4.69) is 9.97 Å². The maximum atomic E-state index is 13.2. The van der Waals surface area contributed by atoms with E-state index in [0.717, 1.165) is 13.3 Å². The van der Waals surface area contributed by atoms with E-state index in [1.54, 1.807) is 6.07 Å². The van der Waals surface area contributed by atoms with Gasteiger partial charge in [-0.25, -0.2) is 17.6 Å². The molecule has 2 aromatic rings. The molecule has 1 unspecified atom stereocenters. The van der Waals surface area contributed by atoms with Crippen molar-refractivity contribution in [3.63, 3.8) is 0 Å². The number of nitrogens with one attached hydrogen (secondary N) is 1. The van der Waals surface area contributed by atoms with Crippen LogP contribution in [0.4, 0.5) is 17.6 Å². The lowest BCUT2D eigenvalue weighted by Gasteiger charge is -2.32. The van der Waals surface area contributed by atoms with Gasteiger partial charge in [0.1, 0.15) is 5.69 Å². The molecule has 0 saturated heterocycles. The van der Waals surface area contributed by atoms with E-state index in [-0.39, 0.29) is 41.2 Å². The standard InChI is InChI=1S/C13H20F4.C9H7N3O2/c1-12(14,15)11-3-2-10(8-11)9-4-6-13(16,17)7-5-9;10-9(14)8-7-5(1-3-12-8)11-4-2-6(7)13/h9-11H,2-8H2,1H3;1-4H,(H2,10,14)(H,11,13)/t10?,11-;/m0./s1. The van der Waals surface area contributed by atoms with Crippen molar-refractivity contribution in [2.75, 3.05) is 0 Å². The molecule has 0 aliphatic heterocycles. The predicted octanol–water partition coefficient (Wildman–Crippen LogP) is 4.91. The zero-order chi connectivity index (χ0) is 22.8. The molecule has 2 aliphatic rings. The maximum absolute atomic E-state index is 13.2. The van der Waals surface area contributed by atoms with Gasteiger partial charge in [-0.15, -0.1) is 0 Å². The minimum atomic E-state index is -2.60. The van der Waals surface area contributed by atoms with Crippen LogP contribution in [-0.4, -0.2) is 27.7 Å². The van der Waals surface area contributed by atoms with Gasteiger partial charge in [0.25, 0.3) is 5.91 Å². The van der Waals surface area contributed by atoms with E-state index < -0.39 is 23.7 Å². The molecule has 0 spiro atoms. The number of carbonyl (C=O) groups is 1. The highest BCUT2D eigenvalue weighted by molar-refractivity contribution is 6.03. The number of aromatic nitrogens is 2. The van der Waals surface area contributed by atoms with Gasteiger partial charge >= 0.3 is 0 Å². The molecule has 2 heterocycles. The molecule has 0 aromatic carbocycles. The quantitative estimate of drug-likeness (QED) is 0.664. The van der Waals surface area contributed by atoms with Gasteiger partial charge in [-0.2, -0.15) is 0 Å². The zero-order valence-corrected chi connectivity index (χ0v) is 17.3. The Morgan fingerprint density at radius 1 is 1.16 bits per heavy atom. The summed E-state index contributed by atoms with van der Waals surface area (Å²) in [7, 11) is 0. The molecule has 31 heavy (non-hydrogen) atoms. The van der Waals surface area contributed by atoms with Crippen LogP contribution >= 0.6 is 0 Å². The molecule has 0 radical (unpaired) electrons. The van der Waals surface area contributed by atoms with Crippen LogP contribution in [0.1, 0.15) is 62.4 Å². The molecule has 1 amide bonds. The normalized spacial score (nSPS) is 23.9. The number of nitrogens with zero attached hydrogens (tertiary/aromatic N) is 1. The third kappa shape index (κ3) is 5.62. The molecular formula is C22H27F4N3O2. The fraction of sp³-hybridized carbons (Fsp3) is 0.591. The number of carbonyl (C=O) groups excluding carboxylic acids is 1. The number of aromatic amines is 1. The number of halogens is 4. The van der Waals surface area contributed by atoms with Crippen molar-refractivity contribution in [3.05, 3.63) is 40.4 Å². The molecule has 170 valence electrons. The van der Waals surface area contributed by atoms with Gasteiger partial charge in [0, 0.05) is 37.2 Å². The summed E-state index contributed by atoms with van der Waals surface area (Å²) >= 11 is 0. The van der Waals surface area contributed by atoms with Crippen LogP contribution in [-0.2, 0) is 0 Å². The van der Waals surface area contributed by atoms with E-state index in [9.17, 15) is 27.2 Å². The molecule has 2 aromatic heterocycles. The van der Waals surface area contributed by atoms with Crippen LogP contribution < -0.4 is 11.2 Å². The predicted molar refractivity (Wildman–Crippen MR) is 109 cm³/mol. The van der Waals surface area contributed by atoms with Crippen LogP contribution in [0.15, 0.2) is 29.3 Å². The van der Waals surface area contributed by atoms with Gasteiger partial charge in [-0.05, 0) is 56.9 Å².